The van der Waals surface area contributed by atoms with Gasteiger partial charge in [0.1, 0.15) is 0 Å². The van der Waals surface area contributed by atoms with Crippen LogP contribution in [0.5, 0.6) is 0 Å². The van der Waals surface area contributed by atoms with Gasteiger partial charge in [0, 0.05) is 30.2 Å². The Kier molecular flexibility index (Phi) is 4.14. The first-order valence-corrected chi connectivity index (χ1v) is 6.82. The molecular weight excluding hydrogens is 194 g/mol. The van der Waals surface area contributed by atoms with Crippen molar-refractivity contribution in [3.05, 3.63) is 0 Å². The molecular formula is C11H21NOS. The van der Waals surface area contributed by atoms with Gasteiger partial charge in [-0.05, 0) is 25.2 Å². The molecule has 14 heavy (non-hydrogen) atoms. The lowest BCUT2D eigenvalue weighted by Crippen LogP contribution is -2.32. The topological polar surface area (TPSA) is 21.3 Å². The Balaban J connectivity index is 1.42. The Morgan fingerprint density at radius 2 is 2.29 bits per heavy atom. The van der Waals surface area contributed by atoms with Gasteiger partial charge in [0.25, 0.3) is 0 Å². The van der Waals surface area contributed by atoms with Gasteiger partial charge in [-0.1, -0.05) is 6.92 Å². The van der Waals surface area contributed by atoms with E-state index in [1.165, 1.54) is 25.0 Å². The summed E-state index contributed by atoms with van der Waals surface area (Å²) in [7, 11) is 0. The number of nitrogens with one attached hydrogen (secondary N) is 1. The molecule has 0 aromatic heterocycles. The predicted octanol–water partition coefficient (Wildman–Crippen LogP) is 1.90. The summed E-state index contributed by atoms with van der Waals surface area (Å²) in [6, 6.07) is 0.736. The first kappa shape index (κ1) is 10.8. The fourth-order valence-electron chi connectivity index (χ4n) is 1.83. The summed E-state index contributed by atoms with van der Waals surface area (Å²) in [6.07, 6.45) is 4.11. The van der Waals surface area contributed by atoms with Gasteiger partial charge in [-0.3, -0.25) is 0 Å². The quantitative estimate of drug-likeness (QED) is 0.684. The lowest BCUT2D eigenvalue weighted by molar-refractivity contribution is 0.124. The second kappa shape index (κ2) is 5.38. The zero-order valence-corrected chi connectivity index (χ0v) is 9.81. The third-order valence-electron chi connectivity index (χ3n) is 2.93. The van der Waals surface area contributed by atoms with Crippen molar-refractivity contribution < 1.29 is 4.74 Å². The van der Waals surface area contributed by atoms with Crippen molar-refractivity contribution >= 4 is 11.8 Å². The summed E-state index contributed by atoms with van der Waals surface area (Å²) >= 11 is 2.08. The van der Waals surface area contributed by atoms with Crippen LogP contribution in [0.15, 0.2) is 0 Å². The Morgan fingerprint density at radius 1 is 1.43 bits per heavy atom. The van der Waals surface area contributed by atoms with E-state index in [-0.39, 0.29) is 0 Å². The molecule has 3 heteroatoms. The van der Waals surface area contributed by atoms with Gasteiger partial charge in [-0.25, -0.2) is 0 Å². The van der Waals surface area contributed by atoms with E-state index in [0.717, 1.165) is 37.0 Å². The van der Waals surface area contributed by atoms with Crippen molar-refractivity contribution in [3.63, 3.8) is 0 Å². The van der Waals surface area contributed by atoms with Crippen molar-refractivity contribution in [3.8, 4) is 0 Å². The highest BCUT2D eigenvalue weighted by molar-refractivity contribution is 8.00. The molecule has 82 valence electrons. The zero-order valence-electron chi connectivity index (χ0n) is 9.00. The fraction of sp³-hybridized carbons (Fsp3) is 1.00. The van der Waals surface area contributed by atoms with Crippen LogP contribution in [0.4, 0.5) is 0 Å². The van der Waals surface area contributed by atoms with Crippen LogP contribution < -0.4 is 5.32 Å². The average Bonchev–Trinajstić information content (AvgIpc) is 2.89. The molecule has 2 rings (SSSR count). The molecule has 0 aromatic carbocycles. The normalized spacial score (nSPS) is 32.4. The fourth-order valence-corrected chi connectivity index (χ4v) is 3.01. The number of hydrogen-bond acceptors (Lipinski definition) is 3. The van der Waals surface area contributed by atoms with Gasteiger partial charge in [0.15, 0.2) is 0 Å². The summed E-state index contributed by atoms with van der Waals surface area (Å²) in [5.74, 6) is 2.18. The van der Waals surface area contributed by atoms with Gasteiger partial charge in [-0.2, -0.15) is 11.8 Å². The highest BCUT2D eigenvalue weighted by Gasteiger charge is 2.22. The molecule has 0 spiro atoms. The predicted molar refractivity (Wildman–Crippen MR) is 61.9 cm³/mol. The number of rotatable bonds is 6. The molecule has 0 amide bonds. The van der Waals surface area contributed by atoms with Crippen LogP contribution in [-0.4, -0.2) is 36.8 Å². The highest BCUT2D eigenvalue weighted by atomic mass is 32.2. The van der Waals surface area contributed by atoms with E-state index >= 15 is 0 Å². The van der Waals surface area contributed by atoms with Gasteiger partial charge in [-0.15, -0.1) is 0 Å². The Hall–Kier alpha value is 0.270. The van der Waals surface area contributed by atoms with E-state index < -0.39 is 0 Å². The lowest BCUT2D eigenvalue weighted by atomic mass is 10.2. The summed E-state index contributed by atoms with van der Waals surface area (Å²) < 4.78 is 5.57. The summed E-state index contributed by atoms with van der Waals surface area (Å²) in [5, 5.41) is 4.41. The zero-order chi connectivity index (χ0) is 9.80. The van der Waals surface area contributed by atoms with Crippen LogP contribution >= 0.6 is 11.8 Å². The Bertz CT molecular complexity index is 173. The molecule has 2 atom stereocenters. The van der Waals surface area contributed by atoms with Gasteiger partial charge >= 0.3 is 0 Å². The maximum Gasteiger partial charge on any atom is 0.0591 e. The maximum absolute atomic E-state index is 5.57. The van der Waals surface area contributed by atoms with Crippen LogP contribution in [0, 0.1) is 5.92 Å². The van der Waals surface area contributed by atoms with Crippen LogP contribution in [-0.2, 0) is 4.74 Å². The van der Waals surface area contributed by atoms with E-state index in [0.29, 0.717) is 0 Å². The third kappa shape index (κ3) is 3.79. The van der Waals surface area contributed by atoms with Gasteiger partial charge in [0.2, 0.25) is 0 Å². The smallest absolute Gasteiger partial charge is 0.0591 e. The van der Waals surface area contributed by atoms with Crippen molar-refractivity contribution in [1.29, 1.82) is 0 Å². The third-order valence-corrected chi connectivity index (χ3v) is 4.28. The first-order valence-electron chi connectivity index (χ1n) is 5.77. The molecule has 2 fully saturated rings. The molecule has 1 saturated heterocycles. The standard InChI is InChI=1S/C11H21NOS/c1-9-6-11(8-14-9)12-4-5-13-7-10-2-3-10/h9-12H,2-8H2,1H3. The Morgan fingerprint density at radius 3 is 2.93 bits per heavy atom. The average molecular weight is 215 g/mol. The second-order valence-electron chi connectivity index (χ2n) is 4.55. The molecule has 0 aromatic rings. The molecule has 2 aliphatic rings. The highest BCUT2D eigenvalue weighted by Crippen LogP contribution is 2.28. The maximum atomic E-state index is 5.57. The minimum Gasteiger partial charge on any atom is -0.380 e. The van der Waals surface area contributed by atoms with E-state index in [9.17, 15) is 0 Å². The molecule has 1 heterocycles. The van der Waals surface area contributed by atoms with Gasteiger partial charge in [0.05, 0.1) is 6.61 Å². The van der Waals surface area contributed by atoms with E-state index in [1.807, 2.05) is 0 Å². The minimum absolute atomic E-state index is 0.736. The number of ether oxygens (including phenoxy) is 1. The molecule has 0 radical (unpaired) electrons. The SMILES string of the molecule is CC1CC(NCCOCC2CC2)CS1. The van der Waals surface area contributed by atoms with Crippen LogP contribution in [0.3, 0.4) is 0 Å². The molecule has 1 aliphatic carbocycles. The monoisotopic (exact) mass is 215 g/mol. The second-order valence-corrected chi connectivity index (χ2v) is 6.02. The summed E-state index contributed by atoms with van der Waals surface area (Å²) in [6.45, 7) is 5.24. The Labute approximate surface area is 91.2 Å². The molecule has 1 N–H and O–H groups in total. The van der Waals surface area contributed by atoms with Crippen molar-refractivity contribution in [1.82, 2.24) is 5.32 Å². The van der Waals surface area contributed by atoms with E-state index in [4.69, 9.17) is 4.74 Å². The van der Waals surface area contributed by atoms with Gasteiger partial charge < -0.3 is 10.1 Å². The number of thioether (sulfide) groups is 1. The van der Waals surface area contributed by atoms with E-state index in [2.05, 4.69) is 24.0 Å². The molecule has 2 nitrogen and oxygen atoms in total. The van der Waals surface area contributed by atoms with E-state index in [1.54, 1.807) is 0 Å². The summed E-state index contributed by atoms with van der Waals surface area (Å²) in [5.41, 5.74) is 0. The molecule has 0 bridgehead atoms. The summed E-state index contributed by atoms with van der Waals surface area (Å²) in [4.78, 5) is 0. The van der Waals surface area contributed by atoms with Crippen LogP contribution in [0.25, 0.3) is 0 Å². The number of hydrogen-bond donors (Lipinski definition) is 1. The van der Waals surface area contributed by atoms with Crippen LogP contribution in [0.2, 0.25) is 0 Å². The minimum atomic E-state index is 0.736. The largest absolute Gasteiger partial charge is 0.380 e. The first-order chi connectivity index (χ1) is 6.84. The van der Waals surface area contributed by atoms with Crippen molar-refractivity contribution in [2.24, 2.45) is 5.92 Å². The van der Waals surface area contributed by atoms with Crippen molar-refractivity contribution in [2.45, 2.75) is 37.5 Å². The molecule has 2 unspecified atom stereocenters. The lowest BCUT2D eigenvalue weighted by Gasteiger charge is -2.11. The molecule has 1 aliphatic heterocycles. The van der Waals surface area contributed by atoms with Crippen molar-refractivity contribution in [2.75, 3.05) is 25.5 Å². The van der Waals surface area contributed by atoms with Crippen LogP contribution in [0.1, 0.15) is 26.2 Å². The molecule has 1 saturated carbocycles.